The van der Waals surface area contributed by atoms with Gasteiger partial charge in [-0.25, -0.2) is 13.4 Å². The molecular formula is C11H10BrClN2O2S2. The molecule has 19 heavy (non-hydrogen) atoms. The molecule has 0 aliphatic heterocycles. The van der Waals surface area contributed by atoms with Crippen LogP contribution in [0.4, 0.5) is 5.13 Å². The molecule has 1 heterocycles. The lowest BCUT2D eigenvalue weighted by Crippen LogP contribution is -2.17. The van der Waals surface area contributed by atoms with E-state index in [1.807, 2.05) is 24.3 Å². The standard InChI is InChI=1S/C11H10BrClN2O2S2/c12-9-3-1-2-8(6-9)10-7-18-11(14-10)15-19(16,17)5-4-13/h1-3,6-7H,4-5H2,(H,14,15). The number of alkyl halides is 1. The highest BCUT2D eigenvalue weighted by Gasteiger charge is 2.12. The molecule has 4 nitrogen and oxygen atoms in total. The molecule has 1 N–H and O–H groups in total. The molecule has 0 unspecified atom stereocenters. The van der Waals surface area contributed by atoms with Crippen molar-refractivity contribution in [1.29, 1.82) is 0 Å². The van der Waals surface area contributed by atoms with Gasteiger partial charge in [-0.2, -0.15) is 0 Å². The van der Waals surface area contributed by atoms with E-state index in [1.165, 1.54) is 11.3 Å². The fourth-order valence-corrected chi connectivity index (χ4v) is 4.15. The maximum absolute atomic E-state index is 11.6. The number of thiazole rings is 1. The second kappa shape index (κ2) is 6.21. The van der Waals surface area contributed by atoms with Gasteiger partial charge in [0.1, 0.15) is 0 Å². The van der Waals surface area contributed by atoms with E-state index in [9.17, 15) is 8.42 Å². The Labute approximate surface area is 129 Å². The Morgan fingerprint density at radius 2 is 2.21 bits per heavy atom. The molecule has 0 fully saturated rings. The summed E-state index contributed by atoms with van der Waals surface area (Å²) in [6.45, 7) is 0. The third-order valence-electron chi connectivity index (χ3n) is 2.21. The third kappa shape index (κ3) is 4.17. The first-order valence-corrected chi connectivity index (χ1v) is 9.14. The number of anilines is 1. The summed E-state index contributed by atoms with van der Waals surface area (Å²) in [6, 6.07) is 7.65. The third-order valence-corrected chi connectivity index (χ3v) is 5.25. The summed E-state index contributed by atoms with van der Waals surface area (Å²) in [4.78, 5) is 4.25. The summed E-state index contributed by atoms with van der Waals surface area (Å²) < 4.78 is 26.5. The lowest BCUT2D eigenvalue weighted by molar-refractivity contribution is 0.602. The van der Waals surface area contributed by atoms with Gasteiger partial charge in [-0.3, -0.25) is 4.72 Å². The van der Waals surface area contributed by atoms with Crippen molar-refractivity contribution < 1.29 is 8.42 Å². The molecule has 0 aliphatic rings. The summed E-state index contributed by atoms with van der Waals surface area (Å²) in [5.74, 6) is -0.0699. The van der Waals surface area contributed by atoms with Crippen molar-refractivity contribution in [2.24, 2.45) is 0 Å². The second-order valence-electron chi connectivity index (χ2n) is 3.66. The number of rotatable bonds is 5. The smallest absolute Gasteiger partial charge is 0.235 e. The van der Waals surface area contributed by atoms with Gasteiger partial charge < -0.3 is 0 Å². The summed E-state index contributed by atoms with van der Waals surface area (Å²) >= 11 is 10.1. The Kier molecular flexibility index (Phi) is 4.83. The molecule has 0 spiro atoms. The quantitative estimate of drug-likeness (QED) is 0.806. The molecular weight excluding hydrogens is 372 g/mol. The van der Waals surface area contributed by atoms with E-state index in [0.29, 0.717) is 5.13 Å². The van der Waals surface area contributed by atoms with Crippen LogP contribution in [0, 0.1) is 0 Å². The molecule has 102 valence electrons. The van der Waals surface area contributed by atoms with E-state index in [4.69, 9.17) is 11.6 Å². The first kappa shape index (κ1) is 14.8. The predicted octanol–water partition coefficient (Wildman–Crippen LogP) is 3.55. The molecule has 2 aromatic rings. The van der Waals surface area contributed by atoms with Crippen LogP contribution in [0.3, 0.4) is 0 Å². The van der Waals surface area contributed by atoms with Crippen LogP contribution in [-0.2, 0) is 10.0 Å². The lowest BCUT2D eigenvalue weighted by Gasteiger charge is -2.02. The maximum atomic E-state index is 11.6. The van der Waals surface area contributed by atoms with E-state index < -0.39 is 10.0 Å². The number of halogens is 2. The van der Waals surface area contributed by atoms with Gasteiger partial charge in [0.2, 0.25) is 10.0 Å². The topological polar surface area (TPSA) is 59.1 Å². The Balaban J connectivity index is 2.20. The minimum absolute atomic E-state index is 0.0548. The van der Waals surface area contributed by atoms with Gasteiger partial charge in [-0.15, -0.1) is 22.9 Å². The number of sulfonamides is 1. The molecule has 8 heteroatoms. The normalized spacial score (nSPS) is 11.5. The van der Waals surface area contributed by atoms with Crippen molar-refractivity contribution in [3.63, 3.8) is 0 Å². The van der Waals surface area contributed by atoms with Crippen molar-refractivity contribution in [3.8, 4) is 11.3 Å². The van der Waals surface area contributed by atoms with Crippen LogP contribution < -0.4 is 4.72 Å². The highest BCUT2D eigenvalue weighted by Crippen LogP contribution is 2.27. The van der Waals surface area contributed by atoms with Gasteiger partial charge in [0.05, 0.1) is 11.4 Å². The number of aromatic nitrogens is 1. The fraction of sp³-hybridized carbons (Fsp3) is 0.182. The van der Waals surface area contributed by atoms with Crippen molar-refractivity contribution in [3.05, 3.63) is 34.1 Å². The average Bonchev–Trinajstić information content (AvgIpc) is 2.76. The van der Waals surface area contributed by atoms with Crippen LogP contribution in [-0.4, -0.2) is 25.0 Å². The van der Waals surface area contributed by atoms with Crippen molar-refractivity contribution in [2.45, 2.75) is 0 Å². The Hall–Kier alpha value is -0.630. The zero-order chi connectivity index (χ0) is 13.9. The Morgan fingerprint density at radius 1 is 1.42 bits per heavy atom. The van der Waals surface area contributed by atoms with Gasteiger partial charge in [-0.1, -0.05) is 28.1 Å². The number of nitrogens with one attached hydrogen (secondary N) is 1. The van der Waals surface area contributed by atoms with Crippen molar-refractivity contribution in [1.82, 2.24) is 4.98 Å². The number of nitrogens with zero attached hydrogens (tertiary/aromatic N) is 1. The maximum Gasteiger partial charge on any atom is 0.235 e. The summed E-state index contributed by atoms with van der Waals surface area (Å²) in [6.07, 6.45) is 0. The summed E-state index contributed by atoms with van der Waals surface area (Å²) in [5, 5.41) is 2.15. The molecule has 0 radical (unpaired) electrons. The van der Waals surface area contributed by atoms with Crippen LogP contribution in [0.15, 0.2) is 34.1 Å². The van der Waals surface area contributed by atoms with E-state index in [-0.39, 0.29) is 11.6 Å². The molecule has 1 aromatic heterocycles. The number of hydrogen-bond donors (Lipinski definition) is 1. The van der Waals surface area contributed by atoms with Gasteiger partial charge in [0, 0.05) is 21.3 Å². The molecule has 0 aliphatic carbocycles. The van der Waals surface area contributed by atoms with E-state index in [1.54, 1.807) is 5.38 Å². The number of hydrogen-bond acceptors (Lipinski definition) is 4. The first-order chi connectivity index (χ1) is 9.00. The molecule has 0 saturated heterocycles. The Bertz CT molecular complexity index is 673. The van der Waals surface area contributed by atoms with Crippen molar-refractivity contribution in [2.75, 3.05) is 16.4 Å². The van der Waals surface area contributed by atoms with Gasteiger partial charge in [0.15, 0.2) is 5.13 Å². The molecule has 0 amide bonds. The molecule has 0 saturated carbocycles. The zero-order valence-electron chi connectivity index (χ0n) is 9.64. The van der Waals surface area contributed by atoms with Crippen molar-refractivity contribution >= 4 is 54.0 Å². The van der Waals surface area contributed by atoms with Gasteiger partial charge in [-0.05, 0) is 12.1 Å². The first-order valence-electron chi connectivity index (χ1n) is 5.28. The van der Waals surface area contributed by atoms with E-state index in [2.05, 4.69) is 25.6 Å². The minimum atomic E-state index is -3.41. The molecule has 0 atom stereocenters. The largest absolute Gasteiger partial charge is 0.259 e. The van der Waals surface area contributed by atoms with Crippen LogP contribution in [0.2, 0.25) is 0 Å². The molecule has 2 rings (SSSR count). The van der Waals surface area contributed by atoms with Crippen LogP contribution in [0.25, 0.3) is 11.3 Å². The van der Waals surface area contributed by atoms with Crippen LogP contribution in [0.5, 0.6) is 0 Å². The van der Waals surface area contributed by atoms with E-state index in [0.717, 1.165) is 15.7 Å². The highest BCUT2D eigenvalue weighted by molar-refractivity contribution is 9.10. The van der Waals surface area contributed by atoms with Gasteiger partial charge in [0.25, 0.3) is 0 Å². The highest BCUT2D eigenvalue weighted by atomic mass is 79.9. The fourth-order valence-electron chi connectivity index (χ4n) is 1.39. The minimum Gasteiger partial charge on any atom is -0.259 e. The number of benzene rings is 1. The second-order valence-corrected chi connectivity index (χ2v) is 7.65. The summed E-state index contributed by atoms with van der Waals surface area (Å²) in [7, 11) is -3.41. The lowest BCUT2D eigenvalue weighted by atomic mass is 10.2. The van der Waals surface area contributed by atoms with Gasteiger partial charge >= 0.3 is 0 Å². The Morgan fingerprint density at radius 3 is 2.89 bits per heavy atom. The molecule has 0 bridgehead atoms. The zero-order valence-corrected chi connectivity index (χ0v) is 13.6. The SMILES string of the molecule is O=S(=O)(CCCl)Nc1nc(-c2cccc(Br)c2)cs1. The molecule has 1 aromatic carbocycles. The van der Waals surface area contributed by atoms with E-state index >= 15 is 0 Å². The summed E-state index contributed by atoms with van der Waals surface area (Å²) in [5.41, 5.74) is 1.66. The van der Waals surface area contributed by atoms with Crippen LogP contribution in [0.1, 0.15) is 0 Å². The monoisotopic (exact) mass is 380 g/mol. The predicted molar refractivity (Wildman–Crippen MR) is 83.4 cm³/mol. The van der Waals surface area contributed by atoms with Crippen LogP contribution >= 0.6 is 38.9 Å². The average molecular weight is 382 g/mol.